The molecule has 0 unspecified atom stereocenters. The summed E-state index contributed by atoms with van der Waals surface area (Å²) in [5.74, 6) is 3.26. The predicted molar refractivity (Wildman–Crippen MR) is 132 cm³/mol. The second-order valence-electron chi connectivity index (χ2n) is 8.07. The van der Waals surface area contributed by atoms with Gasteiger partial charge in [-0.15, -0.1) is 0 Å². The fourth-order valence-electron chi connectivity index (χ4n) is 3.86. The molecule has 174 valence electrons. The van der Waals surface area contributed by atoms with E-state index in [1.165, 1.54) is 19.3 Å². The smallest absolute Gasteiger partial charge is 0.233 e. The van der Waals surface area contributed by atoms with Crippen molar-refractivity contribution in [2.75, 3.05) is 29.7 Å². The number of aromatic nitrogens is 3. The third kappa shape index (κ3) is 6.71. The number of methoxy groups -OCH3 is 1. The molecule has 0 radical (unpaired) electrons. The van der Waals surface area contributed by atoms with Crippen molar-refractivity contribution in [1.29, 1.82) is 0 Å². The molecule has 0 aliphatic heterocycles. The van der Waals surface area contributed by atoms with E-state index < -0.39 is 0 Å². The van der Waals surface area contributed by atoms with Crippen molar-refractivity contribution in [3.05, 3.63) is 54.1 Å². The first kappa shape index (κ1) is 22.6. The van der Waals surface area contributed by atoms with Crippen LogP contribution in [0, 0.1) is 0 Å². The Bertz CT molecular complexity index is 1000. The average Bonchev–Trinajstić information content (AvgIpc) is 2.85. The molecule has 2 aromatic carbocycles. The van der Waals surface area contributed by atoms with Gasteiger partial charge in [-0.05, 0) is 61.7 Å². The lowest BCUT2D eigenvalue weighted by Crippen LogP contribution is -2.24. The van der Waals surface area contributed by atoms with E-state index in [9.17, 15) is 0 Å². The van der Waals surface area contributed by atoms with Gasteiger partial charge in [-0.2, -0.15) is 15.0 Å². The van der Waals surface area contributed by atoms with Gasteiger partial charge in [0.2, 0.25) is 17.8 Å². The van der Waals surface area contributed by atoms with Gasteiger partial charge in [0.15, 0.2) is 0 Å². The molecule has 1 fully saturated rings. The van der Waals surface area contributed by atoms with Gasteiger partial charge < -0.3 is 25.4 Å². The molecule has 0 spiro atoms. The van der Waals surface area contributed by atoms with Crippen LogP contribution in [0.2, 0.25) is 0 Å². The normalized spacial score (nSPS) is 13.9. The molecule has 8 nitrogen and oxygen atoms in total. The maximum Gasteiger partial charge on any atom is 0.233 e. The van der Waals surface area contributed by atoms with Crippen molar-refractivity contribution in [2.24, 2.45) is 0 Å². The largest absolute Gasteiger partial charge is 0.497 e. The fourth-order valence-corrected chi connectivity index (χ4v) is 3.86. The zero-order valence-electron chi connectivity index (χ0n) is 19.3. The van der Waals surface area contributed by atoms with Crippen LogP contribution in [-0.4, -0.2) is 34.7 Å². The van der Waals surface area contributed by atoms with Crippen LogP contribution in [0.4, 0.5) is 23.5 Å². The molecule has 0 saturated heterocycles. The number of nitrogens with one attached hydrogen (secondary N) is 3. The van der Waals surface area contributed by atoms with E-state index in [1.807, 2.05) is 55.5 Å². The van der Waals surface area contributed by atoms with Crippen molar-refractivity contribution < 1.29 is 9.47 Å². The first-order chi connectivity index (χ1) is 16.2. The van der Waals surface area contributed by atoms with Gasteiger partial charge in [0.1, 0.15) is 11.5 Å². The maximum atomic E-state index is 5.53. The molecule has 0 amide bonds. The molecule has 1 aromatic heterocycles. The molecule has 0 bridgehead atoms. The second-order valence-corrected chi connectivity index (χ2v) is 8.07. The summed E-state index contributed by atoms with van der Waals surface area (Å²) in [5.41, 5.74) is 1.99. The Kier molecular flexibility index (Phi) is 7.79. The summed E-state index contributed by atoms with van der Waals surface area (Å²) < 4.78 is 10.8. The number of hydrogen-bond acceptors (Lipinski definition) is 8. The van der Waals surface area contributed by atoms with E-state index in [0.29, 0.717) is 37.0 Å². The minimum Gasteiger partial charge on any atom is -0.497 e. The second kappa shape index (κ2) is 11.4. The van der Waals surface area contributed by atoms with E-state index in [1.54, 1.807) is 7.11 Å². The summed E-state index contributed by atoms with van der Waals surface area (Å²) in [7, 11) is 1.66. The Labute approximate surface area is 195 Å². The maximum absolute atomic E-state index is 5.53. The highest BCUT2D eigenvalue weighted by atomic mass is 16.5. The lowest BCUT2D eigenvalue weighted by Gasteiger charge is -2.23. The van der Waals surface area contributed by atoms with E-state index in [4.69, 9.17) is 9.47 Å². The van der Waals surface area contributed by atoms with E-state index in [2.05, 4.69) is 30.9 Å². The highest BCUT2D eigenvalue weighted by molar-refractivity contribution is 5.56. The van der Waals surface area contributed by atoms with E-state index >= 15 is 0 Å². The molecule has 3 aromatic rings. The van der Waals surface area contributed by atoms with Crippen molar-refractivity contribution >= 4 is 23.5 Å². The Morgan fingerprint density at radius 2 is 1.48 bits per heavy atom. The fraction of sp³-hybridized carbons (Fsp3) is 0.400. The van der Waals surface area contributed by atoms with Crippen LogP contribution in [0.1, 0.15) is 44.6 Å². The molecule has 4 rings (SSSR count). The number of benzene rings is 2. The Morgan fingerprint density at radius 3 is 2.18 bits per heavy atom. The number of hydrogen-bond donors (Lipinski definition) is 3. The van der Waals surface area contributed by atoms with Crippen molar-refractivity contribution in [1.82, 2.24) is 15.0 Å². The average molecular weight is 449 g/mol. The van der Waals surface area contributed by atoms with Gasteiger partial charge in [0.05, 0.1) is 13.7 Å². The third-order valence-electron chi connectivity index (χ3n) is 5.60. The number of nitrogens with zero attached hydrogens (tertiary/aromatic N) is 3. The van der Waals surface area contributed by atoms with Gasteiger partial charge in [-0.3, -0.25) is 0 Å². The highest BCUT2D eigenvalue weighted by Crippen LogP contribution is 2.23. The van der Waals surface area contributed by atoms with Gasteiger partial charge >= 0.3 is 0 Å². The first-order valence-electron chi connectivity index (χ1n) is 11.6. The van der Waals surface area contributed by atoms with Crippen LogP contribution in [0.3, 0.4) is 0 Å². The SMILES string of the molecule is CCOc1ccc(Nc2nc(NCc3ccc(OC)cc3)nc(NC3CCCCC3)n2)cc1. The Morgan fingerprint density at radius 1 is 0.818 bits per heavy atom. The van der Waals surface area contributed by atoms with Crippen LogP contribution in [0.5, 0.6) is 11.5 Å². The molecule has 8 heteroatoms. The lowest BCUT2D eigenvalue weighted by atomic mass is 9.96. The highest BCUT2D eigenvalue weighted by Gasteiger charge is 2.16. The summed E-state index contributed by atoms with van der Waals surface area (Å²) >= 11 is 0. The number of anilines is 4. The predicted octanol–water partition coefficient (Wildman–Crippen LogP) is 5.38. The molecular formula is C25H32N6O2. The number of rotatable bonds is 10. The van der Waals surface area contributed by atoms with Gasteiger partial charge in [0, 0.05) is 18.3 Å². The van der Waals surface area contributed by atoms with Crippen LogP contribution in [0.15, 0.2) is 48.5 Å². The van der Waals surface area contributed by atoms with Crippen molar-refractivity contribution in [3.8, 4) is 11.5 Å². The summed E-state index contributed by atoms with van der Waals surface area (Å²) in [6, 6.07) is 16.1. The first-order valence-corrected chi connectivity index (χ1v) is 11.6. The molecule has 1 aliphatic rings. The Hall–Kier alpha value is -3.55. The van der Waals surface area contributed by atoms with Crippen LogP contribution in [0.25, 0.3) is 0 Å². The molecule has 1 saturated carbocycles. The lowest BCUT2D eigenvalue weighted by molar-refractivity contribution is 0.340. The van der Waals surface area contributed by atoms with E-state index in [0.717, 1.165) is 35.6 Å². The molecular weight excluding hydrogens is 416 g/mol. The van der Waals surface area contributed by atoms with Gasteiger partial charge in [-0.25, -0.2) is 0 Å². The van der Waals surface area contributed by atoms with Gasteiger partial charge in [0.25, 0.3) is 0 Å². The van der Waals surface area contributed by atoms with Gasteiger partial charge in [-0.1, -0.05) is 31.4 Å². The van der Waals surface area contributed by atoms with Crippen LogP contribution >= 0.6 is 0 Å². The van der Waals surface area contributed by atoms with Crippen LogP contribution < -0.4 is 25.4 Å². The molecule has 3 N–H and O–H groups in total. The van der Waals surface area contributed by atoms with Crippen LogP contribution in [-0.2, 0) is 6.54 Å². The quantitative estimate of drug-likeness (QED) is 0.381. The zero-order chi connectivity index (χ0) is 22.9. The topological polar surface area (TPSA) is 93.2 Å². The zero-order valence-corrected chi connectivity index (χ0v) is 19.3. The van der Waals surface area contributed by atoms with E-state index in [-0.39, 0.29) is 0 Å². The minimum atomic E-state index is 0.397. The Balaban J connectivity index is 1.50. The minimum absolute atomic E-state index is 0.397. The standard InChI is InChI=1S/C25H32N6O2/c1-3-33-22-15-11-20(12-16-22)28-25-30-23(26-17-18-9-13-21(32-2)14-10-18)29-24(31-25)27-19-7-5-4-6-8-19/h9-16,19H,3-8,17H2,1-2H3,(H3,26,27,28,29,30,31). The summed E-state index contributed by atoms with van der Waals surface area (Å²) in [5, 5.41) is 10.1. The van der Waals surface area contributed by atoms with Crippen molar-refractivity contribution in [2.45, 2.75) is 51.6 Å². The molecule has 1 aliphatic carbocycles. The molecule has 0 atom stereocenters. The summed E-state index contributed by atoms with van der Waals surface area (Å²) in [4.78, 5) is 13.8. The third-order valence-corrected chi connectivity index (χ3v) is 5.60. The molecule has 33 heavy (non-hydrogen) atoms. The number of ether oxygens (including phenoxy) is 2. The summed E-state index contributed by atoms with van der Waals surface area (Å²) in [6.07, 6.45) is 6.06. The summed E-state index contributed by atoms with van der Waals surface area (Å²) in [6.45, 7) is 3.21. The molecule has 1 heterocycles. The monoisotopic (exact) mass is 448 g/mol. The van der Waals surface area contributed by atoms with Crippen molar-refractivity contribution in [3.63, 3.8) is 0 Å².